The number of carbonyl (C=O) groups is 2. The number of hydrogen-bond donors (Lipinski definition) is 1. The van der Waals surface area contributed by atoms with Gasteiger partial charge in [0.2, 0.25) is 0 Å². The van der Waals surface area contributed by atoms with Crippen LogP contribution < -0.4 is 5.32 Å². The highest BCUT2D eigenvalue weighted by molar-refractivity contribution is 6.41. The summed E-state index contributed by atoms with van der Waals surface area (Å²) >= 11 is 11.9. The van der Waals surface area contributed by atoms with E-state index in [1.165, 1.54) is 19.2 Å². The zero-order valence-corrected chi connectivity index (χ0v) is 13.1. The number of carbonyl (C=O) groups excluding carboxylic acids is 2. The van der Waals surface area contributed by atoms with Crippen LogP contribution in [0.3, 0.4) is 0 Å². The molecular formula is C13H15Cl2NO4. The van der Waals surface area contributed by atoms with E-state index in [9.17, 15) is 9.59 Å². The number of methoxy groups -OCH3 is 1. The Morgan fingerprint density at radius 3 is 2.30 bits per heavy atom. The average molecular weight is 320 g/mol. The third kappa shape index (κ3) is 4.28. The van der Waals surface area contributed by atoms with Gasteiger partial charge in [-0.25, -0.2) is 9.59 Å². The SMILES string of the molecule is COC(=O)c1c(Cl)ccc(NC(=O)OC(C)(C)C)c1Cl. The molecule has 110 valence electrons. The lowest BCUT2D eigenvalue weighted by atomic mass is 10.2. The largest absolute Gasteiger partial charge is 0.465 e. The Morgan fingerprint density at radius 1 is 1.20 bits per heavy atom. The van der Waals surface area contributed by atoms with Crippen LogP contribution in [0.1, 0.15) is 31.1 Å². The van der Waals surface area contributed by atoms with E-state index < -0.39 is 17.7 Å². The quantitative estimate of drug-likeness (QED) is 0.832. The van der Waals surface area contributed by atoms with Gasteiger partial charge in [-0.1, -0.05) is 23.2 Å². The minimum Gasteiger partial charge on any atom is -0.465 e. The molecule has 0 aromatic heterocycles. The highest BCUT2D eigenvalue weighted by Crippen LogP contribution is 2.32. The van der Waals surface area contributed by atoms with Crippen molar-refractivity contribution in [3.05, 3.63) is 27.7 Å². The molecule has 0 aliphatic heterocycles. The molecule has 0 saturated carbocycles. The summed E-state index contributed by atoms with van der Waals surface area (Å²) in [6, 6.07) is 2.91. The maximum atomic E-state index is 11.7. The minimum absolute atomic E-state index is 0.00444. The summed E-state index contributed by atoms with van der Waals surface area (Å²) in [7, 11) is 1.21. The molecule has 0 spiro atoms. The lowest BCUT2D eigenvalue weighted by molar-refractivity contribution is 0.0596. The molecular weight excluding hydrogens is 305 g/mol. The van der Waals surface area contributed by atoms with Crippen molar-refractivity contribution in [2.75, 3.05) is 12.4 Å². The summed E-state index contributed by atoms with van der Waals surface area (Å²) in [6.07, 6.45) is -0.683. The summed E-state index contributed by atoms with van der Waals surface area (Å²) in [5.41, 5.74) is -0.441. The molecule has 7 heteroatoms. The van der Waals surface area contributed by atoms with E-state index in [-0.39, 0.29) is 21.3 Å². The molecule has 1 aromatic rings. The molecule has 0 fully saturated rings. The van der Waals surface area contributed by atoms with Crippen LogP contribution in [0.25, 0.3) is 0 Å². The summed E-state index contributed by atoms with van der Waals surface area (Å²) in [4.78, 5) is 23.3. The van der Waals surface area contributed by atoms with Gasteiger partial charge in [-0.15, -0.1) is 0 Å². The first kappa shape index (κ1) is 16.6. The lowest BCUT2D eigenvalue weighted by Crippen LogP contribution is -2.27. The number of ether oxygens (including phenoxy) is 2. The number of halogens is 2. The van der Waals surface area contributed by atoms with Crippen molar-refractivity contribution in [3.63, 3.8) is 0 Å². The maximum absolute atomic E-state index is 11.7. The number of hydrogen-bond acceptors (Lipinski definition) is 4. The number of benzene rings is 1. The van der Waals surface area contributed by atoms with Gasteiger partial charge < -0.3 is 9.47 Å². The number of amides is 1. The molecule has 0 unspecified atom stereocenters. The van der Waals surface area contributed by atoms with Gasteiger partial charge in [0.15, 0.2) is 0 Å². The third-order valence-corrected chi connectivity index (χ3v) is 2.82. The van der Waals surface area contributed by atoms with Gasteiger partial charge in [0.05, 0.1) is 28.4 Å². The Balaban J connectivity index is 3.04. The van der Waals surface area contributed by atoms with Crippen molar-refractivity contribution in [1.29, 1.82) is 0 Å². The molecule has 0 saturated heterocycles. The molecule has 5 nitrogen and oxygen atoms in total. The van der Waals surface area contributed by atoms with Crippen LogP contribution in [-0.2, 0) is 9.47 Å². The molecule has 1 amide bonds. The Kier molecular flexibility index (Phi) is 5.25. The highest BCUT2D eigenvalue weighted by atomic mass is 35.5. The standard InChI is InChI=1S/C13H15Cl2NO4/c1-13(2,3)20-12(18)16-8-6-5-7(14)9(10(8)15)11(17)19-4/h5-6H,1-4H3,(H,16,18). The fourth-order valence-corrected chi connectivity index (χ4v) is 1.92. The molecule has 1 rings (SSSR count). The molecule has 0 aliphatic carbocycles. The van der Waals surface area contributed by atoms with E-state index in [0.717, 1.165) is 0 Å². The van der Waals surface area contributed by atoms with E-state index in [1.54, 1.807) is 20.8 Å². The minimum atomic E-state index is -0.687. The Morgan fingerprint density at radius 2 is 1.80 bits per heavy atom. The van der Waals surface area contributed by atoms with Crippen LogP contribution >= 0.6 is 23.2 Å². The number of nitrogens with one attached hydrogen (secondary N) is 1. The van der Waals surface area contributed by atoms with Gasteiger partial charge in [0, 0.05) is 0 Å². The van der Waals surface area contributed by atoms with Crippen molar-refractivity contribution in [1.82, 2.24) is 0 Å². The first-order valence-corrected chi connectivity index (χ1v) is 6.47. The summed E-state index contributed by atoms with van der Waals surface area (Å²) in [6.45, 7) is 5.20. The van der Waals surface area contributed by atoms with Crippen molar-refractivity contribution in [3.8, 4) is 0 Å². The number of anilines is 1. The smallest absolute Gasteiger partial charge is 0.412 e. The zero-order valence-electron chi connectivity index (χ0n) is 11.5. The Hall–Kier alpha value is -1.46. The predicted molar refractivity (Wildman–Crippen MR) is 77.7 cm³/mol. The summed E-state index contributed by atoms with van der Waals surface area (Å²) in [5.74, 6) is -0.687. The zero-order chi connectivity index (χ0) is 15.5. The van der Waals surface area contributed by atoms with Gasteiger partial charge in [-0.05, 0) is 32.9 Å². The van der Waals surface area contributed by atoms with E-state index in [0.29, 0.717) is 0 Å². The predicted octanol–water partition coefficient (Wildman–Crippen LogP) is 4.13. The van der Waals surface area contributed by atoms with E-state index in [2.05, 4.69) is 10.1 Å². The molecule has 20 heavy (non-hydrogen) atoms. The van der Waals surface area contributed by atoms with Crippen LogP contribution in [0.2, 0.25) is 10.0 Å². The topological polar surface area (TPSA) is 64.6 Å². The second-order valence-electron chi connectivity index (χ2n) is 4.90. The van der Waals surface area contributed by atoms with E-state index >= 15 is 0 Å². The van der Waals surface area contributed by atoms with Crippen LogP contribution in [0.4, 0.5) is 10.5 Å². The molecule has 0 radical (unpaired) electrons. The van der Waals surface area contributed by atoms with Gasteiger partial charge in [0.1, 0.15) is 5.60 Å². The molecule has 0 aliphatic rings. The number of rotatable bonds is 2. The van der Waals surface area contributed by atoms with Crippen LogP contribution in [0.15, 0.2) is 12.1 Å². The van der Waals surface area contributed by atoms with Crippen molar-refractivity contribution in [2.24, 2.45) is 0 Å². The van der Waals surface area contributed by atoms with Crippen LogP contribution in [-0.4, -0.2) is 24.8 Å². The first-order chi connectivity index (χ1) is 9.15. The van der Waals surface area contributed by atoms with Gasteiger partial charge in [-0.3, -0.25) is 5.32 Å². The van der Waals surface area contributed by atoms with Crippen molar-refractivity contribution in [2.45, 2.75) is 26.4 Å². The monoisotopic (exact) mass is 319 g/mol. The summed E-state index contributed by atoms with van der Waals surface area (Å²) in [5, 5.41) is 2.59. The van der Waals surface area contributed by atoms with Crippen molar-refractivity contribution >= 4 is 41.0 Å². The second kappa shape index (κ2) is 6.33. The van der Waals surface area contributed by atoms with E-state index in [1.807, 2.05) is 0 Å². The van der Waals surface area contributed by atoms with Gasteiger partial charge in [-0.2, -0.15) is 0 Å². The molecule has 1 aromatic carbocycles. The van der Waals surface area contributed by atoms with Crippen LogP contribution in [0, 0.1) is 0 Å². The van der Waals surface area contributed by atoms with Crippen molar-refractivity contribution < 1.29 is 19.1 Å². The fourth-order valence-electron chi connectivity index (χ4n) is 1.35. The summed E-state index contributed by atoms with van der Waals surface area (Å²) < 4.78 is 9.68. The number of esters is 1. The van der Waals surface area contributed by atoms with Crippen LogP contribution in [0.5, 0.6) is 0 Å². The molecule has 0 bridgehead atoms. The lowest BCUT2D eigenvalue weighted by Gasteiger charge is -2.20. The third-order valence-electron chi connectivity index (χ3n) is 2.12. The second-order valence-corrected chi connectivity index (χ2v) is 5.69. The highest BCUT2D eigenvalue weighted by Gasteiger charge is 2.21. The van der Waals surface area contributed by atoms with Gasteiger partial charge >= 0.3 is 12.1 Å². The molecule has 0 atom stereocenters. The normalized spacial score (nSPS) is 10.9. The van der Waals surface area contributed by atoms with E-state index in [4.69, 9.17) is 27.9 Å². The first-order valence-electron chi connectivity index (χ1n) is 5.72. The maximum Gasteiger partial charge on any atom is 0.412 e. The average Bonchev–Trinajstić information content (AvgIpc) is 2.30. The Bertz CT molecular complexity index is 538. The molecule has 0 heterocycles. The fraction of sp³-hybridized carbons (Fsp3) is 0.385. The Labute approximate surface area is 127 Å². The van der Waals surface area contributed by atoms with Gasteiger partial charge in [0.25, 0.3) is 0 Å². The molecule has 1 N–H and O–H groups in total.